The minimum absolute atomic E-state index is 0.100. The summed E-state index contributed by atoms with van der Waals surface area (Å²) in [5.74, 6) is 0. The summed E-state index contributed by atoms with van der Waals surface area (Å²) in [5.41, 5.74) is 13.8. The molecule has 52 heavy (non-hydrogen) atoms. The third kappa shape index (κ3) is 3.17. The van der Waals surface area contributed by atoms with Crippen LogP contribution in [0.4, 0.5) is 22.7 Å². The van der Waals surface area contributed by atoms with Crippen LogP contribution in [0.3, 0.4) is 0 Å². The highest BCUT2D eigenvalue weighted by molar-refractivity contribution is 5.81. The van der Waals surface area contributed by atoms with Crippen LogP contribution in [0, 0.1) is 0 Å². The largest absolute Gasteiger partial charge is 0.368 e. The van der Waals surface area contributed by atoms with Crippen LogP contribution >= 0.6 is 0 Å². The lowest BCUT2D eigenvalue weighted by Crippen LogP contribution is -2.80. The maximum absolute atomic E-state index is 4.44. The normalized spacial score (nSPS) is 38.0. The van der Waals surface area contributed by atoms with Crippen LogP contribution in [-0.4, -0.2) is 98.6 Å². The number of likely N-dealkylation sites (N-methyl/N-ethyl adjacent to an activating group) is 4. The fraction of sp³-hybridized carbons (Fsp3) is 0.455. The second-order valence-electron chi connectivity index (χ2n) is 17.5. The fourth-order valence-electron chi connectivity index (χ4n) is 13.8. The van der Waals surface area contributed by atoms with Crippen molar-refractivity contribution < 1.29 is 0 Å². The summed E-state index contributed by atoms with van der Waals surface area (Å²) < 4.78 is 0. The van der Waals surface area contributed by atoms with Gasteiger partial charge in [0.2, 0.25) is 0 Å². The van der Waals surface area contributed by atoms with Gasteiger partial charge in [0, 0.05) is 59.8 Å². The van der Waals surface area contributed by atoms with Gasteiger partial charge in [0.1, 0.15) is 0 Å². The first kappa shape index (κ1) is 30.4. The summed E-state index contributed by atoms with van der Waals surface area (Å²) in [7, 11) is 9.37. The average Bonchev–Trinajstić information content (AvgIpc) is 3.89. The maximum atomic E-state index is 4.44. The number of nitrogens with one attached hydrogen (secondary N) is 4. The Labute approximate surface area is 307 Å². The van der Waals surface area contributed by atoms with E-state index in [9.17, 15) is 0 Å². The molecule has 266 valence electrons. The molecule has 0 amide bonds. The van der Waals surface area contributed by atoms with E-state index in [1.54, 1.807) is 0 Å². The van der Waals surface area contributed by atoms with Gasteiger partial charge in [-0.15, -0.1) is 0 Å². The van der Waals surface area contributed by atoms with Gasteiger partial charge in [0.25, 0.3) is 0 Å². The second-order valence-corrected chi connectivity index (χ2v) is 17.5. The maximum Gasteiger partial charge on any atom is 0.0933 e. The zero-order chi connectivity index (χ0) is 34.8. The van der Waals surface area contributed by atoms with Crippen molar-refractivity contribution in [3.63, 3.8) is 0 Å². The molecule has 4 unspecified atom stereocenters. The summed E-state index contributed by atoms with van der Waals surface area (Å²) in [6.07, 6.45) is 5.28. The Balaban J connectivity index is 1.12. The highest BCUT2D eigenvalue weighted by atomic mass is 15.4. The quantitative estimate of drug-likeness (QED) is 0.211. The molecule has 4 bridgehead atoms. The lowest BCUT2D eigenvalue weighted by atomic mass is 9.44. The van der Waals surface area contributed by atoms with Crippen LogP contribution < -0.4 is 21.3 Å². The lowest BCUT2D eigenvalue weighted by molar-refractivity contribution is -0.0694. The van der Waals surface area contributed by atoms with Gasteiger partial charge in [-0.05, 0) is 99.4 Å². The first-order chi connectivity index (χ1) is 25.4. The standard InChI is InChI=1S/C44H50N8/c1-49-23-19-41(27-11-5-7-17-33(27)45-37(41)49)29-13-9-15-31-35(29)47-39-44-22-26-52(4)40(43(31,44)21-25-51(39)3)48-36-30(14-10-16-32(36)44)42-20-24-50(2)38(42)46-34-18-8-6-12-28(34)42/h5-18,37-40,45-48H,19-26H2,1-4H3/t37-,38-,39?,40?,41-,42-,43?,44?/m1/s1. The minimum atomic E-state index is -0.114. The summed E-state index contributed by atoms with van der Waals surface area (Å²) in [5, 5.41) is 16.9. The molecule has 0 radical (unpaired) electrons. The molecule has 0 spiro atoms. The topological polar surface area (TPSA) is 61.1 Å². The van der Waals surface area contributed by atoms with Crippen molar-refractivity contribution >= 4 is 22.7 Å². The molecule has 4 aromatic rings. The van der Waals surface area contributed by atoms with Crippen LogP contribution in [0.2, 0.25) is 0 Å². The molecule has 4 saturated heterocycles. The van der Waals surface area contributed by atoms with E-state index in [1.807, 2.05) is 0 Å². The molecule has 8 nitrogen and oxygen atoms in total. The van der Waals surface area contributed by atoms with Crippen molar-refractivity contribution in [3.05, 3.63) is 118 Å². The Bertz CT molecular complexity index is 2030. The zero-order valence-corrected chi connectivity index (χ0v) is 30.8. The van der Waals surface area contributed by atoms with E-state index in [0.29, 0.717) is 0 Å². The number of hydrogen-bond acceptors (Lipinski definition) is 8. The molecular weight excluding hydrogens is 641 g/mol. The zero-order valence-electron chi connectivity index (χ0n) is 30.8. The number of nitrogens with zero attached hydrogens (tertiary/aromatic N) is 4. The van der Waals surface area contributed by atoms with E-state index in [2.05, 4.69) is 154 Å². The highest BCUT2D eigenvalue weighted by Crippen LogP contribution is 2.69. The number of likely N-dealkylation sites (tertiary alicyclic amines) is 4. The molecular formula is C44H50N8. The number of para-hydroxylation sites is 4. The monoisotopic (exact) mass is 690 g/mol. The van der Waals surface area contributed by atoms with Gasteiger partial charge in [-0.1, -0.05) is 72.8 Å². The summed E-state index contributed by atoms with van der Waals surface area (Å²) in [6.45, 7) is 4.29. The predicted octanol–water partition coefficient (Wildman–Crippen LogP) is 5.78. The SMILES string of the molecule is CN1CCC23c4cccc([C@]56CCN(C)[C@H]5Nc5ccccc56)c4NC1C21CCN(C)C3Nc2c1cccc2[C@]12CCN(C)[C@H]1Nc1ccccc12. The average molecular weight is 691 g/mol. The molecule has 8 aliphatic heterocycles. The minimum Gasteiger partial charge on any atom is -0.368 e. The molecule has 4 aromatic carbocycles. The number of piperidine rings is 2. The van der Waals surface area contributed by atoms with E-state index in [0.717, 1.165) is 51.9 Å². The third-order valence-corrected chi connectivity index (χ3v) is 15.9. The Morgan fingerprint density at radius 2 is 0.769 bits per heavy atom. The molecule has 8 aliphatic rings. The lowest BCUT2D eigenvalue weighted by Gasteiger charge is -2.72. The van der Waals surface area contributed by atoms with Crippen molar-refractivity contribution in [1.29, 1.82) is 0 Å². The number of rotatable bonds is 2. The van der Waals surface area contributed by atoms with E-state index >= 15 is 0 Å². The molecule has 4 N–H and O–H groups in total. The second kappa shape index (κ2) is 9.91. The van der Waals surface area contributed by atoms with Crippen LogP contribution in [0.25, 0.3) is 0 Å². The highest BCUT2D eigenvalue weighted by Gasteiger charge is 2.72. The van der Waals surface area contributed by atoms with Crippen molar-refractivity contribution in [2.45, 2.75) is 72.0 Å². The molecule has 0 aromatic heterocycles. The third-order valence-electron chi connectivity index (χ3n) is 15.9. The van der Waals surface area contributed by atoms with Gasteiger partial charge in [-0.2, -0.15) is 0 Å². The van der Waals surface area contributed by atoms with E-state index in [-0.39, 0.29) is 46.3 Å². The van der Waals surface area contributed by atoms with Crippen molar-refractivity contribution in [2.24, 2.45) is 0 Å². The first-order valence-electron chi connectivity index (χ1n) is 19.7. The molecule has 8 atom stereocenters. The van der Waals surface area contributed by atoms with Gasteiger partial charge in [0.05, 0.1) is 35.5 Å². The molecule has 0 saturated carbocycles. The van der Waals surface area contributed by atoms with Crippen LogP contribution in [0.15, 0.2) is 84.9 Å². The number of benzene rings is 4. The Hall–Kier alpha value is -4.08. The summed E-state index contributed by atoms with van der Waals surface area (Å²) in [6, 6.07) is 33.0. The van der Waals surface area contributed by atoms with Crippen LogP contribution in [0.1, 0.15) is 59.1 Å². The van der Waals surface area contributed by atoms with Crippen LogP contribution in [-0.2, 0) is 21.7 Å². The number of hydrogen-bond donors (Lipinski definition) is 4. The predicted molar refractivity (Wildman–Crippen MR) is 209 cm³/mol. The Kier molecular flexibility index (Phi) is 5.79. The van der Waals surface area contributed by atoms with Gasteiger partial charge in [0.15, 0.2) is 0 Å². The van der Waals surface area contributed by atoms with E-state index in [1.165, 1.54) is 56.1 Å². The molecule has 12 rings (SSSR count). The summed E-state index contributed by atoms with van der Waals surface area (Å²) in [4.78, 5) is 10.4. The Morgan fingerprint density at radius 3 is 1.23 bits per heavy atom. The van der Waals surface area contributed by atoms with Crippen LogP contribution in [0.5, 0.6) is 0 Å². The van der Waals surface area contributed by atoms with Gasteiger partial charge in [-0.25, -0.2) is 0 Å². The molecule has 8 heterocycles. The molecule has 0 aliphatic carbocycles. The Morgan fingerprint density at radius 1 is 0.404 bits per heavy atom. The van der Waals surface area contributed by atoms with E-state index in [4.69, 9.17) is 0 Å². The van der Waals surface area contributed by atoms with Gasteiger partial charge < -0.3 is 21.3 Å². The van der Waals surface area contributed by atoms with Crippen molar-refractivity contribution in [2.75, 3.05) is 75.6 Å². The number of anilines is 4. The smallest absolute Gasteiger partial charge is 0.0933 e. The van der Waals surface area contributed by atoms with Crippen molar-refractivity contribution in [3.8, 4) is 0 Å². The number of fused-ring (bicyclic) bond motifs is 8. The molecule has 8 heteroatoms. The van der Waals surface area contributed by atoms with Gasteiger partial charge in [-0.3, -0.25) is 19.6 Å². The van der Waals surface area contributed by atoms with Gasteiger partial charge >= 0.3 is 0 Å². The fourth-order valence-corrected chi connectivity index (χ4v) is 13.8. The first-order valence-corrected chi connectivity index (χ1v) is 19.7. The summed E-state index contributed by atoms with van der Waals surface area (Å²) >= 11 is 0. The van der Waals surface area contributed by atoms with E-state index < -0.39 is 0 Å². The molecule has 4 fully saturated rings. The van der Waals surface area contributed by atoms with Crippen molar-refractivity contribution in [1.82, 2.24) is 19.6 Å².